The minimum atomic E-state index is -0.468. The molecule has 0 saturated heterocycles. The lowest BCUT2D eigenvalue weighted by molar-refractivity contribution is 0.123. The van der Waals surface area contributed by atoms with Crippen LogP contribution in [0.4, 0.5) is 5.69 Å². The molecular formula is C9H13NO2. The Hall–Kier alpha value is -1.22. The lowest BCUT2D eigenvalue weighted by atomic mass is 10.3. The van der Waals surface area contributed by atoms with Gasteiger partial charge in [0.25, 0.3) is 0 Å². The first kappa shape index (κ1) is 8.87. The summed E-state index contributed by atoms with van der Waals surface area (Å²) in [5.74, 6) is 0.624. The number of para-hydroxylation sites is 2. The van der Waals surface area contributed by atoms with Crippen LogP contribution in [0, 0.1) is 0 Å². The molecule has 0 aliphatic rings. The molecule has 0 heterocycles. The van der Waals surface area contributed by atoms with Gasteiger partial charge in [0.2, 0.25) is 0 Å². The second-order valence-corrected chi connectivity index (χ2v) is 2.70. The van der Waals surface area contributed by atoms with E-state index in [-0.39, 0.29) is 6.61 Å². The minimum Gasteiger partial charge on any atom is -0.489 e. The Morgan fingerprint density at radius 3 is 2.75 bits per heavy atom. The molecule has 3 N–H and O–H groups in total. The Morgan fingerprint density at radius 2 is 2.17 bits per heavy atom. The van der Waals surface area contributed by atoms with Crippen LogP contribution < -0.4 is 10.5 Å². The van der Waals surface area contributed by atoms with E-state index < -0.39 is 6.10 Å². The van der Waals surface area contributed by atoms with Gasteiger partial charge in [0, 0.05) is 0 Å². The first-order chi connectivity index (χ1) is 5.70. The first-order valence-corrected chi connectivity index (χ1v) is 3.85. The monoisotopic (exact) mass is 167 g/mol. The van der Waals surface area contributed by atoms with E-state index in [2.05, 4.69) is 0 Å². The molecular weight excluding hydrogens is 154 g/mol. The Morgan fingerprint density at radius 1 is 1.50 bits per heavy atom. The second-order valence-electron chi connectivity index (χ2n) is 2.70. The smallest absolute Gasteiger partial charge is 0.142 e. The highest BCUT2D eigenvalue weighted by Crippen LogP contribution is 2.19. The van der Waals surface area contributed by atoms with Crippen molar-refractivity contribution in [3.8, 4) is 5.75 Å². The van der Waals surface area contributed by atoms with Crippen molar-refractivity contribution in [2.24, 2.45) is 0 Å². The van der Waals surface area contributed by atoms with Gasteiger partial charge in [-0.2, -0.15) is 0 Å². The van der Waals surface area contributed by atoms with E-state index >= 15 is 0 Å². The van der Waals surface area contributed by atoms with Gasteiger partial charge in [0.05, 0.1) is 11.8 Å². The minimum absolute atomic E-state index is 0.272. The molecule has 0 aliphatic heterocycles. The summed E-state index contributed by atoms with van der Waals surface area (Å²) in [5, 5.41) is 8.94. The maximum absolute atomic E-state index is 8.94. The van der Waals surface area contributed by atoms with Gasteiger partial charge in [-0.1, -0.05) is 12.1 Å². The summed E-state index contributed by atoms with van der Waals surface area (Å²) in [6, 6.07) is 7.22. The number of benzene rings is 1. The third-order valence-corrected chi connectivity index (χ3v) is 1.40. The highest BCUT2D eigenvalue weighted by molar-refractivity contribution is 5.51. The van der Waals surface area contributed by atoms with Gasteiger partial charge in [-0.15, -0.1) is 0 Å². The lowest BCUT2D eigenvalue weighted by Crippen LogP contribution is -2.13. The Labute approximate surface area is 71.8 Å². The summed E-state index contributed by atoms with van der Waals surface area (Å²) >= 11 is 0. The zero-order chi connectivity index (χ0) is 8.97. The number of rotatable bonds is 3. The topological polar surface area (TPSA) is 55.5 Å². The second kappa shape index (κ2) is 3.97. The van der Waals surface area contributed by atoms with Crippen LogP contribution in [-0.4, -0.2) is 17.8 Å². The first-order valence-electron chi connectivity index (χ1n) is 3.85. The molecule has 3 heteroatoms. The number of anilines is 1. The van der Waals surface area contributed by atoms with E-state index in [1.807, 2.05) is 12.1 Å². The SMILES string of the molecule is CC(O)COc1ccccc1N. The van der Waals surface area contributed by atoms with E-state index in [0.717, 1.165) is 0 Å². The summed E-state index contributed by atoms with van der Waals surface area (Å²) in [5.41, 5.74) is 6.20. The molecule has 1 aromatic carbocycles. The predicted molar refractivity (Wildman–Crippen MR) is 48.0 cm³/mol. The number of nitrogen functional groups attached to an aromatic ring is 1. The van der Waals surface area contributed by atoms with Crippen LogP contribution in [0.5, 0.6) is 5.75 Å². The fraction of sp³-hybridized carbons (Fsp3) is 0.333. The number of aliphatic hydroxyl groups is 1. The van der Waals surface area contributed by atoms with Crippen LogP contribution in [0.3, 0.4) is 0 Å². The highest BCUT2D eigenvalue weighted by Gasteiger charge is 2.00. The van der Waals surface area contributed by atoms with E-state index in [4.69, 9.17) is 15.6 Å². The Bertz CT molecular complexity index is 248. The third kappa shape index (κ3) is 2.43. The standard InChI is InChI=1S/C9H13NO2/c1-7(11)6-12-9-5-3-2-4-8(9)10/h2-5,7,11H,6,10H2,1H3. The van der Waals surface area contributed by atoms with Gasteiger partial charge in [0.1, 0.15) is 12.4 Å². The molecule has 1 unspecified atom stereocenters. The molecule has 66 valence electrons. The van der Waals surface area contributed by atoms with Crippen molar-refractivity contribution in [1.29, 1.82) is 0 Å². The molecule has 0 fully saturated rings. The van der Waals surface area contributed by atoms with Crippen LogP contribution in [0.15, 0.2) is 24.3 Å². The fourth-order valence-corrected chi connectivity index (χ4v) is 0.822. The van der Waals surface area contributed by atoms with Gasteiger partial charge in [-0.05, 0) is 19.1 Å². The average molecular weight is 167 g/mol. The van der Waals surface area contributed by atoms with Crippen molar-refractivity contribution in [3.63, 3.8) is 0 Å². The molecule has 0 aromatic heterocycles. The number of ether oxygens (including phenoxy) is 1. The molecule has 0 amide bonds. The molecule has 1 rings (SSSR count). The molecule has 1 atom stereocenters. The molecule has 1 aromatic rings. The maximum atomic E-state index is 8.94. The number of hydrogen-bond acceptors (Lipinski definition) is 3. The molecule has 0 radical (unpaired) electrons. The van der Waals surface area contributed by atoms with E-state index in [1.54, 1.807) is 19.1 Å². The molecule has 12 heavy (non-hydrogen) atoms. The van der Waals surface area contributed by atoms with Crippen LogP contribution in [0.2, 0.25) is 0 Å². The van der Waals surface area contributed by atoms with Gasteiger partial charge in [-0.3, -0.25) is 0 Å². The van der Waals surface area contributed by atoms with Crippen LogP contribution in [0.1, 0.15) is 6.92 Å². The lowest BCUT2D eigenvalue weighted by Gasteiger charge is -2.09. The fourth-order valence-electron chi connectivity index (χ4n) is 0.822. The summed E-state index contributed by atoms with van der Waals surface area (Å²) in [7, 11) is 0. The number of hydrogen-bond donors (Lipinski definition) is 2. The zero-order valence-electron chi connectivity index (χ0n) is 7.03. The van der Waals surface area contributed by atoms with Gasteiger partial charge < -0.3 is 15.6 Å². The van der Waals surface area contributed by atoms with Crippen molar-refractivity contribution in [2.75, 3.05) is 12.3 Å². The average Bonchev–Trinajstić information content (AvgIpc) is 2.03. The maximum Gasteiger partial charge on any atom is 0.142 e. The number of aliphatic hydroxyl groups excluding tert-OH is 1. The Balaban J connectivity index is 2.57. The highest BCUT2D eigenvalue weighted by atomic mass is 16.5. The normalized spacial score (nSPS) is 12.5. The summed E-state index contributed by atoms with van der Waals surface area (Å²) in [4.78, 5) is 0. The van der Waals surface area contributed by atoms with E-state index in [0.29, 0.717) is 11.4 Å². The van der Waals surface area contributed by atoms with Crippen molar-refractivity contribution < 1.29 is 9.84 Å². The van der Waals surface area contributed by atoms with Crippen LogP contribution in [0.25, 0.3) is 0 Å². The molecule has 0 spiro atoms. The molecule has 0 saturated carbocycles. The molecule has 0 bridgehead atoms. The van der Waals surface area contributed by atoms with Crippen molar-refractivity contribution >= 4 is 5.69 Å². The van der Waals surface area contributed by atoms with Crippen LogP contribution in [-0.2, 0) is 0 Å². The Kier molecular flexibility index (Phi) is 2.94. The summed E-state index contributed by atoms with van der Waals surface area (Å²) in [6.45, 7) is 1.94. The van der Waals surface area contributed by atoms with E-state index in [1.165, 1.54) is 0 Å². The number of nitrogens with two attached hydrogens (primary N) is 1. The molecule has 3 nitrogen and oxygen atoms in total. The molecule has 0 aliphatic carbocycles. The third-order valence-electron chi connectivity index (χ3n) is 1.40. The quantitative estimate of drug-likeness (QED) is 0.661. The predicted octanol–water partition coefficient (Wildman–Crippen LogP) is 1.03. The van der Waals surface area contributed by atoms with Crippen molar-refractivity contribution in [2.45, 2.75) is 13.0 Å². The van der Waals surface area contributed by atoms with Crippen LogP contribution >= 0.6 is 0 Å². The van der Waals surface area contributed by atoms with Crippen molar-refractivity contribution in [1.82, 2.24) is 0 Å². The van der Waals surface area contributed by atoms with Gasteiger partial charge in [0.15, 0.2) is 0 Å². The van der Waals surface area contributed by atoms with Gasteiger partial charge in [-0.25, -0.2) is 0 Å². The summed E-state index contributed by atoms with van der Waals surface area (Å²) < 4.78 is 5.22. The van der Waals surface area contributed by atoms with Gasteiger partial charge >= 0.3 is 0 Å². The largest absolute Gasteiger partial charge is 0.489 e. The van der Waals surface area contributed by atoms with E-state index in [9.17, 15) is 0 Å². The summed E-state index contributed by atoms with van der Waals surface area (Å²) in [6.07, 6.45) is -0.468. The zero-order valence-corrected chi connectivity index (χ0v) is 7.03. The van der Waals surface area contributed by atoms with Crippen molar-refractivity contribution in [3.05, 3.63) is 24.3 Å².